The molecule has 0 aliphatic carbocycles. The molecule has 0 saturated carbocycles. The highest BCUT2D eigenvalue weighted by molar-refractivity contribution is 7.99. The molecule has 0 aliphatic rings. The van der Waals surface area contributed by atoms with Crippen LogP contribution in [0.3, 0.4) is 0 Å². The molecule has 2 nitrogen and oxygen atoms in total. The second kappa shape index (κ2) is 6.65. The molecular weight excluding hydrogens is 335 g/mol. The quantitative estimate of drug-likeness (QED) is 0.425. The van der Waals surface area contributed by atoms with E-state index < -0.39 is 0 Å². The fourth-order valence-corrected chi connectivity index (χ4v) is 3.68. The summed E-state index contributed by atoms with van der Waals surface area (Å²) in [6, 6.07) is 22.2. The van der Waals surface area contributed by atoms with Gasteiger partial charge in [0.25, 0.3) is 0 Å². The van der Waals surface area contributed by atoms with E-state index in [0.29, 0.717) is 0 Å². The average Bonchev–Trinajstić information content (AvgIpc) is 3.01. The third-order valence-electron chi connectivity index (χ3n) is 3.97. The number of methoxy groups -OCH3 is 1. The van der Waals surface area contributed by atoms with E-state index in [2.05, 4.69) is 0 Å². The Kier molecular flexibility index (Phi) is 4.20. The fourth-order valence-electron chi connectivity index (χ4n) is 2.74. The van der Waals surface area contributed by atoms with Crippen molar-refractivity contribution in [2.75, 3.05) is 7.11 Å². The lowest BCUT2D eigenvalue weighted by molar-refractivity contribution is 0.414. The maximum absolute atomic E-state index is 13.3. The molecule has 124 valence electrons. The van der Waals surface area contributed by atoms with E-state index in [9.17, 15) is 4.39 Å². The molecule has 0 radical (unpaired) electrons. The van der Waals surface area contributed by atoms with E-state index in [1.54, 1.807) is 31.0 Å². The minimum atomic E-state index is -0.249. The molecule has 0 unspecified atom stereocenters. The molecule has 1 heterocycles. The van der Waals surface area contributed by atoms with E-state index in [1.165, 1.54) is 12.1 Å². The summed E-state index contributed by atoms with van der Waals surface area (Å²) >= 11 is 1.54. The highest BCUT2D eigenvalue weighted by Gasteiger charge is 2.17. The monoisotopic (exact) mass is 350 g/mol. The lowest BCUT2D eigenvalue weighted by atomic mass is 10.0. The van der Waals surface area contributed by atoms with Gasteiger partial charge in [-0.25, -0.2) is 4.39 Å². The molecule has 4 rings (SSSR count). The highest BCUT2D eigenvalue weighted by atomic mass is 32.2. The van der Waals surface area contributed by atoms with Crippen molar-refractivity contribution in [3.63, 3.8) is 0 Å². The summed E-state index contributed by atoms with van der Waals surface area (Å²) in [5.74, 6) is 0.564. The van der Waals surface area contributed by atoms with Gasteiger partial charge in [-0.1, -0.05) is 42.1 Å². The van der Waals surface area contributed by atoms with E-state index in [4.69, 9.17) is 9.15 Å². The lowest BCUT2D eigenvalue weighted by Gasteiger charge is -2.05. The van der Waals surface area contributed by atoms with Crippen LogP contribution in [0.4, 0.5) is 4.39 Å². The zero-order valence-corrected chi connectivity index (χ0v) is 14.3. The molecule has 1 aromatic heterocycles. The molecule has 0 bridgehead atoms. The maximum atomic E-state index is 13.3. The number of hydrogen-bond acceptors (Lipinski definition) is 3. The molecule has 4 aromatic rings. The van der Waals surface area contributed by atoms with Crippen molar-refractivity contribution >= 4 is 22.7 Å². The summed E-state index contributed by atoms with van der Waals surface area (Å²) in [7, 11) is 1.65. The first-order valence-corrected chi connectivity index (χ1v) is 8.65. The van der Waals surface area contributed by atoms with Gasteiger partial charge in [0.2, 0.25) is 0 Å². The highest BCUT2D eigenvalue weighted by Crippen LogP contribution is 2.43. The van der Waals surface area contributed by atoms with Crippen LogP contribution in [-0.4, -0.2) is 7.11 Å². The van der Waals surface area contributed by atoms with Gasteiger partial charge in [-0.15, -0.1) is 0 Å². The zero-order chi connectivity index (χ0) is 17.2. The first-order valence-electron chi connectivity index (χ1n) is 7.84. The van der Waals surface area contributed by atoms with Crippen molar-refractivity contribution in [3.8, 4) is 16.9 Å². The molecule has 0 saturated heterocycles. The molecular formula is C21H15FO2S. The van der Waals surface area contributed by atoms with Gasteiger partial charge >= 0.3 is 0 Å². The number of para-hydroxylation sites is 1. The standard InChI is InChI=1S/C21H15FO2S/c1-23-16-10-12-17(13-11-16)25-21-20(14-6-8-15(22)9-7-14)18-4-2-3-5-19(18)24-21/h2-13H,1H3. The molecule has 0 amide bonds. The Morgan fingerprint density at radius 1 is 0.880 bits per heavy atom. The first-order chi connectivity index (χ1) is 12.2. The van der Waals surface area contributed by atoms with Gasteiger partial charge in [-0.2, -0.15) is 0 Å². The second-order valence-electron chi connectivity index (χ2n) is 5.55. The van der Waals surface area contributed by atoms with Crippen LogP contribution in [0.15, 0.2) is 87.2 Å². The summed E-state index contributed by atoms with van der Waals surface area (Å²) in [4.78, 5) is 1.04. The normalized spacial score (nSPS) is 11.0. The third-order valence-corrected chi connectivity index (χ3v) is 4.95. The van der Waals surface area contributed by atoms with Crippen molar-refractivity contribution < 1.29 is 13.5 Å². The van der Waals surface area contributed by atoms with Crippen LogP contribution in [0.2, 0.25) is 0 Å². The van der Waals surface area contributed by atoms with Crippen molar-refractivity contribution in [1.82, 2.24) is 0 Å². The van der Waals surface area contributed by atoms with Crippen LogP contribution in [0.5, 0.6) is 5.75 Å². The van der Waals surface area contributed by atoms with Crippen LogP contribution in [0, 0.1) is 5.82 Å². The number of fused-ring (bicyclic) bond motifs is 1. The number of halogens is 1. The average molecular weight is 350 g/mol. The number of benzene rings is 3. The van der Waals surface area contributed by atoms with E-state index in [-0.39, 0.29) is 5.82 Å². The van der Waals surface area contributed by atoms with Crippen molar-refractivity contribution in [3.05, 3.63) is 78.6 Å². The maximum Gasteiger partial charge on any atom is 0.174 e. The minimum Gasteiger partial charge on any atom is -0.497 e. The predicted octanol–water partition coefficient (Wildman–Crippen LogP) is 6.40. The smallest absolute Gasteiger partial charge is 0.174 e. The topological polar surface area (TPSA) is 22.4 Å². The Hall–Kier alpha value is -2.72. The van der Waals surface area contributed by atoms with Crippen molar-refractivity contribution in [2.24, 2.45) is 0 Å². The van der Waals surface area contributed by atoms with Crippen molar-refractivity contribution in [1.29, 1.82) is 0 Å². The van der Waals surface area contributed by atoms with Crippen LogP contribution in [0.25, 0.3) is 22.1 Å². The molecule has 3 aromatic carbocycles. The molecule has 0 fully saturated rings. The number of ether oxygens (including phenoxy) is 1. The molecule has 0 aliphatic heterocycles. The number of furan rings is 1. The molecule has 25 heavy (non-hydrogen) atoms. The van der Waals surface area contributed by atoms with Crippen LogP contribution in [-0.2, 0) is 0 Å². The van der Waals surface area contributed by atoms with Crippen LogP contribution in [0.1, 0.15) is 0 Å². The summed E-state index contributed by atoms with van der Waals surface area (Å²) < 4.78 is 24.6. The van der Waals surface area contributed by atoms with Gasteiger partial charge in [0, 0.05) is 15.8 Å². The Morgan fingerprint density at radius 2 is 1.60 bits per heavy atom. The Labute approximate surface area is 149 Å². The summed E-state index contributed by atoms with van der Waals surface area (Å²) in [6.45, 7) is 0. The van der Waals surface area contributed by atoms with Gasteiger partial charge in [-0.3, -0.25) is 0 Å². The van der Waals surface area contributed by atoms with E-state index in [0.717, 1.165) is 37.8 Å². The Bertz CT molecular complexity index is 1000. The minimum absolute atomic E-state index is 0.249. The largest absolute Gasteiger partial charge is 0.497 e. The van der Waals surface area contributed by atoms with E-state index >= 15 is 0 Å². The summed E-state index contributed by atoms with van der Waals surface area (Å²) in [6.07, 6.45) is 0. The molecule has 0 atom stereocenters. The second-order valence-corrected chi connectivity index (χ2v) is 6.59. The molecule has 0 N–H and O–H groups in total. The van der Waals surface area contributed by atoms with Gasteiger partial charge in [-0.05, 0) is 48.0 Å². The zero-order valence-electron chi connectivity index (χ0n) is 13.5. The first kappa shape index (κ1) is 15.8. The van der Waals surface area contributed by atoms with Gasteiger partial charge in [0.1, 0.15) is 17.1 Å². The number of rotatable bonds is 4. The summed E-state index contributed by atoms with van der Waals surface area (Å²) in [5.41, 5.74) is 2.73. The third kappa shape index (κ3) is 3.13. The van der Waals surface area contributed by atoms with Crippen LogP contribution < -0.4 is 4.74 Å². The Balaban J connectivity index is 1.82. The molecule has 4 heteroatoms. The number of hydrogen-bond donors (Lipinski definition) is 0. The SMILES string of the molecule is COc1ccc(Sc2oc3ccccc3c2-c2ccc(F)cc2)cc1. The van der Waals surface area contributed by atoms with Gasteiger partial charge in [0.15, 0.2) is 5.09 Å². The van der Waals surface area contributed by atoms with Gasteiger partial charge < -0.3 is 9.15 Å². The van der Waals surface area contributed by atoms with Gasteiger partial charge in [0.05, 0.1) is 7.11 Å². The molecule has 0 spiro atoms. The fraction of sp³-hybridized carbons (Fsp3) is 0.0476. The lowest BCUT2D eigenvalue weighted by Crippen LogP contribution is -1.82. The van der Waals surface area contributed by atoms with Crippen LogP contribution >= 0.6 is 11.8 Å². The predicted molar refractivity (Wildman–Crippen MR) is 98.7 cm³/mol. The van der Waals surface area contributed by atoms with E-state index in [1.807, 2.05) is 48.5 Å². The Morgan fingerprint density at radius 3 is 2.32 bits per heavy atom. The summed E-state index contributed by atoms with van der Waals surface area (Å²) in [5, 5.41) is 1.81. The van der Waals surface area contributed by atoms with Crippen molar-refractivity contribution in [2.45, 2.75) is 9.99 Å².